The van der Waals surface area contributed by atoms with Crippen molar-refractivity contribution < 1.29 is 54.0 Å². The van der Waals surface area contributed by atoms with Crippen molar-refractivity contribution in [1.29, 1.82) is 0 Å². The van der Waals surface area contributed by atoms with E-state index in [1.165, 1.54) is 0 Å². The fourth-order valence-electron chi connectivity index (χ4n) is 2.32. The van der Waals surface area contributed by atoms with Crippen molar-refractivity contribution in [2.24, 2.45) is 0 Å². The zero-order chi connectivity index (χ0) is 22.8. The third-order valence-electron chi connectivity index (χ3n) is 3.75. The van der Waals surface area contributed by atoms with Gasteiger partial charge in [0.25, 0.3) is 0 Å². The van der Waals surface area contributed by atoms with Crippen LogP contribution in [0, 0.1) is 10.4 Å². The lowest BCUT2D eigenvalue weighted by Crippen LogP contribution is -2.61. The van der Waals surface area contributed by atoms with Crippen molar-refractivity contribution in [2.75, 3.05) is 19.7 Å². The first kappa shape index (κ1) is 25.8. The molecule has 1 heterocycles. The molecule has 15 heteroatoms. The molecular formula is C15H22N2O13-2. The van der Waals surface area contributed by atoms with Gasteiger partial charge >= 0.3 is 17.9 Å². The quantitative estimate of drug-likeness (QED) is 0.116. The van der Waals surface area contributed by atoms with E-state index in [1.54, 1.807) is 0 Å². The van der Waals surface area contributed by atoms with Gasteiger partial charge in [-0.2, -0.15) is 0 Å². The van der Waals surface area contributed by atoms with Gasteiger partial charge in [-0.1, -0.05) is 6.58 Å². The molecule has 172 valence electrons. The number of aliphatic hydroxyl groups is 2. The van der Waals surface area contributed by atoms with Gasteiger partial charge in [0.05, 0.1) is 12.8 Å². The lowest BCUT2D eigenvalue weighted by atomic mass is 9.98. The van der Waals surface area contributed by atoms with E-state index in [-0.39, 0.29) is 0 Å². The molecule has 0 aliphatic carbocycles. The van der Waals surface area contributed by atoms with E-state index >= 15 is 0 Å². The van der Waals surface area contributed by atoms with Gasteiger partial charge in [-0.25, -0.2) is 4.79 Å². The zero-order valence-electron chi connectivity index (χ0n) is 15.6. The van der Waals surface area contributed by atoms with Crippen LogP contribution in [0.3, 0.4) is 0 Å². The van der Waals surface area contributed by atoms with Gasteiger partial charge in [0.1, 0.15) is 18.8 Å². The Morgan fingerprint density at radius 1 is 1.00 bits per heavy atom. The molecule has 1 rings (SSSR count). The Balaban J connectivity index is 2.80. The highest BCUT2D eigenvalue weighted by Gasteiger charge is 2.49. The largest absolute Gasteiger partial charge is 0.762 e. The first-order valence-electron chi connectivity index (χ1n) is 8.52. The number of carbonyl (C=O) groups excluding carboxylic acids is 3. The monoisotopic (exact) mass is 438 g/mol. The molecule has 0 spiro atoms. The summed E-state index contributed by atoms with van der Waals surface area (Å²) in [5.74, 6) is -3.06. The Hall–Kier alpha value is -2.21. The minimum Gasteiger partial charge on any atom is -0.762 e. The molecule has 1 aliphatic rings. The Labute approximate surface area is 169 Å². The number of hydrogen-bond donors (Lipinski definition) is 4. The summed E-state index contributed by atoms with van der Waals surface area (Å²) in [6.45, 7) is 1.32. The third kappa shape index (κ3) is 8.66. The number of aliphatic hydroxyl groups excluding tert-OH is 2. The summed E-state index contributed by atoms with van der Waals surface area (Å²) in [4.78, 5) is 34.8. The SMILES string of the molecule is C=CC(=O)O[C@H]1[C@H](O)[C@@H](COC(=O)CCN([O-])O)O[C@H](O)[C@@H]1OC(=O)CCN([O-])O. The smallest absolute Gasteiger partial charge is 0.330 e. The van der Waals surface area contributed by atoms with Gasteiger partial charge in [0.2, 0.25) is 0 Å². The van der Waals surface area contributed by atoms with E-state index in [9.17, 15) is 35.0 Å². The van der Waals surface area contributed by atoms with Crippen LogP contribution in [-0.4, -0.2) is 99.4 Å². The fraction of sp³-hybridized carbons (Fsp3) is 0.667. The van der Waals surface area contributed by atoms with Crippen LogP contribution in [-0.2, 0) is 33.3 Å². The van der Waals surface area contributed by atoms with Crippen LogP contribution < -0.4 is 0 Å². The van der Waals surface area contributed by atoms with Gasteiger partial charge < -0.3 is 50.0 Å². The second kappa shape index (κ2) is 12.5. The fourth-order valence-corrected chi connectivity index (χ4v) is 2.32. The van der Waals surface area contributed by atoms with Crippen molar-refractivity contribution in [2.45, 2.75) is 43.5 Å². The lowest BCUT2D eigenvalue weighted by Gasteiger charge is -2.41. The Morgan fingerprint density at radius 3 is 2.10 bits per heavy atom. The third-order valence-corrected chi connectivity index (χ3v) is 3.75. The average Bonchev–Trinajstić information content (AvgIpc) is 2.68. The minimum atomic E-state index is -1.93. The molecule has 15 nitrogen and oxygen atoms in total. The summed E-state index contributed by atoms with van der Waals surface area (Å²) >= 11 is 0. The molecule has 0 aromatic rings. The molecule has 1 saturated heterocycles. The van der Waals surface area contributed by atoms with Crippen LogP contribution in [0.25, 0.3) is 0 Å². The number of rotatable bonds is 11. The molecule has 30 heavy (non-hydrogen) atoms. The number of nitrogens with zero attached hydrogens (tertiary/aromatic N) is 2. The van der Waals surface area contributed by atoms with Crippen LogP contribution in [0.1, 0.15) is 12.8 Å². The molecule has 4 N–H and O–H groups in total. The van der Waals surface area contributed by atoms with Crippen molar-refractivity contribution in [3.63, 3.8) is 0 Å². The molecule has 0 aromatic heterocycles. The van der Waals surface area contributed by atoms with E-state index in [2.05, 4.69) is 6.58 Å². The topological polar surface area (TPSA) is 222 Å². The molecule has 0 aromatic carbocycles. The predicted molar refractivity (Wildman–Crippen MR) is 90.8 cm³/mol. The Bertz CT molecular complexity index is 599. The van der Waals surface area contributed by atoms with E-state index in [0.29, 0.717) is 0 Å². The van der Waals surface area contributed by atoms with Crippen molar-refractivity contribution >= 4 is 17.9 Å². The van der Waals surface area contributed by atoms with Crippen LogP contribution in [0.5, 0.6) is 0 Å². The maximum absolute atomic E-state index is 11.8. The summed E-state index contributed by atoms with van der Waals surface area (Å²) < 4.78 is 19.6. The summed E-state index contributed by atoms with van der Waals surface area (Å²) in [6, 6.07) is 0. The zero-order valence-corrected chi connectivity index (χ0v) is 15.6. The van der Waals surface area contributed by atoms with Crippen molar-refractivity contribution in [3.8, 4) is 0 Å². The highest BCUT2D eigenvalue weighted by Crippen LogP contribution is 2.26. The summed E-state index contributed by atoms with van der Waals surface area (Å²) in [7, 11) is 0. The van der Waals surface area contributed by atoms with Gasteiger partial charge in [0.15, 0.2) is 18.5 Å². The lowest BCUT2D eigenvalue weighted by molar-refractivity contribution is -0.293. The normalized spacial score (nSPS) is 26.3. The molecule has 0 unspecified atom stereocenters. The molecular weight excluding hydrogens is 416 g/mol. The number of ether oxygens (including phenoxy) is 4. The second-order valence-corrected chi connectivity index (χ2v) is 5.95. The first-order valence-corrected chi connectivity index (χ1v) is 8.52. The molecule has 1 aliphatic heterocycles. The van der Waals surface area contributed by atoms with Gasteiger partial charge in [-0.15, -0.1) is 0 Å². The molecule has 0 amide bonds. The van der Waals surface area contributed by atoms with E-state index in [0.717, 1.165) is 6.08 Å². The maximum Gasteiger partial charge on any atom is 0.330 e. The van der Waals surface area contributed by atoms with Gasteiger partial charge in [-0.3, -0.25) is 20.0 Å². The van der Waals surface area contributed by atoms with Crippen molar-refractivity contribution in [3.05, 3.63) is 23.1 Å². The van der Waals surface area contributed by atoms with Crippen molar-refractivity contribution in [1.82, 2.24) is 10.5 Å². The summed E-state index contributed by atoms with van der Waals surface area (Å²) in [5.41, 5.74) is 0. The molecule has 1 fully saturated rings. The predicted octanol–water partition coefficient (Wildman–Crippen LogP) is -2.22. The van der Waals surface area contributed by atoms with Crippen LogP contribution in [0.15, 0.2) is 12.7 Å². The average molecular weight is 438 g/mol. The number of hydrogen-bond acceptors (Lipinski definition) is 15. The Kier molecular flexibility index (Phi) is 10.7. The van der Waals surface area contributed by atoms with Gasteiger partial charge in [0, 0.05) is 19.2 Å². The number of carbonyl (C=O) groups is 3. The highest BCUT2D eigenvalue weighted by atomic mass is 16.8. The number of hydroxylamine groups is 4. The number of esters is 3. The van der Waals surface area contributed by atoms with Crippen LogP contribution in [0.2, 0.25) is 0 Å². The maximum atomic E-state index is 11.8. The van der Waals surface area contributed by atoms with E-state index in [4.69, 9.17) is 29.4 Å². The highest BCUT2D eigenvalue weighted by molar-refractivity contribution is 5.81. The molecule has 0 saturated carbocycles. The second-order valence-electron chi connectivity index (χ2n) is 5.95. The van der Waals surface area contributed by atoms with Crippen LogP contribution in [0.4, 0.5) is 0 Å². The Morgan fingerprint density at radius 2 is 1.57 bits per heavy atom. The van der Waals surface area contributed by atoms with Crippen LogP contribution >= 0.6 is 0 Å². The minimum absolute atomic E-state index is 0.483. The van der Waals surface area contributed by atoms with E-state index in [1.807, 2.05) is 0 Å². The molecule has 0 radical (unpaired) electrons. The van der Waals surface area contributed by atoms with E-state index < -0.39 is 91.6 Å². The van der Waals surface area contributed by atoms with Gasteiger partial charge in [-0.05, 0) is 0 Å². The summed E-state index contributed by atoms with van der Waals surface area (Å²) in [5, 5.41) is 57.3. The summed E-state index contributed by atoms with van der Waals surface area (Å²) in [6.07, 6.45) is -8.82. The standard InChI is InChI=1S/C15H22N2O13/c1-2-9(18)29-13-12(21)8(7-27-10(19)3-5-16(23)24)28-15(22)14(13)30-11(20)4-6-17(25)26/h2,8,12-15,21-23,25H,1,3-7H2/q-2/t8-,12-,13+,14-,15+/m1/s1. The first-order chi connectivity index (χ1) is 14.0. The molecule has 5 atom stereocenters. The molecule has 0 bridgehead atoms.